The summed E-state index contributed by atoms with van der Waals surface area (Å²) < 4.78 is 40.6. The third-order valence-electron chi connectivity index (χ3n) is 2.83. The van der Waals surface area contributed by atoms with Crippen LogP contribution in [0.15, 0.2) is 29.2 Å². The topological polar surface area (TPSA) is 66.4 Å². The number of para-hydroxylation sites is 1. The first-order chi connectivity index (χ1) is 9.35. The van der Waals surface area contributed by atoms with Gasteiger partial charge in [0.25, 0.3) is 10.0 Å². The summed E-state index contributed by atoms with van der Waals surface area (Å²) in [5.74, 6) is -0.621. The van der Waals surface area contributed by atoms with Crippen LogP contribution in [0.2, 0.25) is 0 Å². The number of nitrogens with one attached hydrogen (secondary N) is 1. The second kappa shape index (κ2) is 5.51. The molecule has 0 aliphatic heterocycles. The average molecular weight is 315 g/mol. The van der Waals surface area contributed by atoms with Crippen LogP contribution in [0.3, 0.4) is 0 Å². The molecule has 2 N–H and O–H groups in total. The number of anilines is 1. The van der Waals surface area contributed by atoms with Crippen LogP contribution in [0, 0.1) is 19.7 Å². The molecule has 0 spiro atoms. The molecule has 0 bridgehead atoms. The zero-order valence-corrected chi connectivity index (χ0v) is 12.6. The Bertz CT molecular complexity index is 718. The summed E-state index contributed by atoms with van der Waals surface area (Å²) in [5.41, 5.74) is 0.451. The van der Waals surface area contributed by atoms with Gasteiger partial charge in [0.1, 0.15) is 10.7 Å². The van der Waals surface area contributed by atoms with Crippen molar-refractivity contribution in [1.29, 1.82) is 0 Å². The maximum absolute atomic E-state index is 13.7. The zero-order chi connectivity index (χ0) is 14.9. The van der Waals surface area contributed by atoms with Crippen molar-refractivity contribution in [3.05, 3.63) is 45.4 Å². The number of hydrogen-bond acceptors (Lipinski definition) is 4. The fourth-order valence-electron chi connectivity index (χ4n) is 1.82. The van der Waals surface area contributed by atoms with Crippen molar-refractivity contribution in [1.82, 2.24) is 0 Å². The molecule has 0 atom stereocenters. The largest absolute Gasteiger partial charge is 0.391 e. The van der Waals surface area contributed by atoms with E-state index in [-0.39, 0.29) is 17.2 Å². The summed E-state index contributed by atoms with van der Waals surface area (Å²) >= 11 is 1.20. The number of halogens is 1. The lowest BCUT2D eigenvalue weighted by molar-refractivity contribution is 0.285. The molecule has 0 saturated carbocycles. The molecule has 4 nitrogen and oxygen atoms in total. The molecule has 0 fully saturated rings. The van der Waals surface area contributed by atoms with Gasteiger partial charge < -0.3 is 5.11 Å². The number of hydrogen-bond donors (Lipinski definition) is 2. The van der Waals surface area contributed by atoms with Crippen molar-refractivity contribution in [3.63, 3.8) is 0 Å². The maximum Gasteiger partial charge on any atom is 0.263 e. The van der Waals surface area contributed by atoms with E-state index in [1.807, 2.05) is 0 Å². The van der Waals surface area contributed by atoms with Crippen LogP contribution in [0.4, 0.5) is 10.1 Å². The van der Waals surface area contributed by atoms with Crippen molar-refractivity contribution >= 4 is 27.0 Å². The Kier molecular flexibility index (Phi) is 4.12. The molecule has 0 aliphatic rings. The first-order valence-corrected chi connectivity index (χ1v) is 8.13. The fraction of sp³-hybridized carbons (Fsp3) is 0.231. The number of benzene rings is 1. The van der Waals surface area contributed by atoms with Gasteiger partial charge in [-0.25, -0.2) is 12.8 Å². The van der Waals surface area contributed by atoms with E-state index in [1.165, 1.54) is 29.5 Å². The highest BCUT2D eigenvalue weighted by molar-refractivity contribution is 7.93. The highest BCUT2D eigenvalue weighted by Gasteiger charge is 2.22. The third-order valence-corrected chi connectivity index (χ3v) is 5.47. The Morgan fingerprint density at radius 1 is 1.35 bits per heavy atom. The molecular weight excluding hydrogens is 301 g/mol. The van der Waals surface area contributed by atoms with E-state index in [9.17, 15) is 12.8 Å². The zero-order valence-electron chi connectivity index (χ0n) is 11.0. The third kappa shape index (κ3) is 2.84. The highest BCUT2D eigenvalue weighted by Crippen LogP contribution is 2.29. The molecule has 2 aromatic rings. The van der Waals surface area contributed by atoms with Crippen molar-refractivity contribution in [3.8, 4) is 0 Å². The van der Waals surface area contributed by atoms with Crippen LogP contribution in [0.25, 0.3) is 0 Å². The van der Waals surface area contributed by atoms with Gasteiger partial charge in [-0.3, -0.25) is 4.72 Å². The number of aliphatic hydroxyl groups is 1. The molecule has 1 heterocycles. The van der Waals surface area contributed by atoms with Crippen molar-refractivity contribution in [2.75, 3.05) is 4.72 Å². The molecule has 20 heavy (non-hydrogen) atoms. The summed E-state index contributed by atoms with van der Waals surface area (Å²) in [6, 6.07) is 5.74. The molecule has 2 rings (SSSR count). The normalized spacial score (nSPS) is 11.6. The van der Waals surface area contributed by atoms with Crippen LogP contribution in [0.1, 0.15) is 15.3 Å². The number of thiophene rings is 1. The summed E-state index contributed by atoms with van der Waals surface area (Å²) in [6.45, 7) is 3.05. The SMILES string of the molecule is Cc1cccc(F)c1NS(=O)(=O)c1cc(CO)sc1C. The van der Waals surface area contributed by atoms with E-state index in [4.69, 9.17) is 5.11 Å². The van der Waals surface area contributed by atoms with Gasteiger partial charge >= 0.3 is 0 Å². The summed E-state index contributed by atoms with van der Waals surface area (Å²) in [5, 5.41) is 9.05. The second-order valence-corrected chi connectivity index (χ2v) is 7.32. The van der Waals surface area contributed by atoms with Crippen molar-refractivity contribution in [2.45, 2.75) is 25.3 Å². The molecule has 108 valence electrons. The minimum Gasteiger partial charge on any atom is -0.391 e. The van der Waals surface area contributed by atoms with Gasteiger partial charge in [-0.1, -0.05) is 12.1 Å². The van der Waals surface area contributed by atoms with Gasteiger partial charge in [0.2, 0.25) is 0 Å². The van der Waals surface area contributed by atoms with Crippen LogP contribution in [-0.4, -0.2) is 13.5 Å². The second-order valence-electron chi connectivity index (χ2n) is 4.33. The standard InChI is InChI=1S/C13H14FNO3S2/c1-8-4-3-5-11(14)13(8)15-20(17,18)12-6-10(7-16)19-9(12)2/h3-6,15-16H,7H2,1-2H3. The van der Waals surface area contributed by atoms with Gasteiger partial charge in [0.15, 0.2) is 0 Å². The van der Waals surface area contributed by atoms with E-state index in [0.29, 0.717) is 15.3 Å². The Balaban J connectivity index is 2.43. The summed E-state index contributed by atoms with van der Waals surface area (Å²) in [7, 11) is -3.87. The lowest BCUT2D eigenvalue weighted by Crippen LogP contribution is -2.15. The molecule has 0 aliphatic carbocycles. The van der Waals surface area contributed by atoms with Crippen molar-refractivity contribution < 1.29 is 17.9 Å². The quantitative estimate of drug-likeness (QED) is 0.912. The molecule has 1 aromatic heterocycles. The first kappa shape index (κ1) is 15.0. The van der Waals surface area contributed by atoms with Crippen LogP contribution in [0.5, 0.6) is 0 Å². The average Bonchev–Trinajstić information content (AvgIpc) is 2.76. The molecule has 0 unspecified atom stereocenters. The Labute approximate surface area is 120 Å². The predicted molar refractivity (Wildman–Crippen MR) is 76.9 cm³/mol. The van der Waals surface area contributed by atoms with Gasteiger partial charge in [-0.05, 0) is 31.5 Å². The minimum absolute atomic E-state index is 0.0522. The van der Waals surface area contributed by atoms with Gasteiger partial charge in [-0.15, -0.1) is 11.3 Å². The Morgan fingerprint density at radius 2 is 2.05 bits per heavy atom. The number of sulfonamides is 1. The number of rotatable bonds is 4. The Hall–Kier alpha value is -1.44. The first-order valence-electron chi connectivity index (χ1n) is 5.83. The van der Waals surface area contributed by atoms with Gasteiger partial charge in [0.05, 0.1) is 12.3 Å². The van der Waals surface area contributed by atoms with Crippen molar-refractivity contribution in [2.24, 2.45) is 0 Å². The van der Waals surface area contributed by atoms with Crippen LogP contribution >= 0.6 is 11.3 Å². The maximum atomic E-state index is 13.7. The Morgan fingerprint density at radius 3 is 2.60 bits per heavy atom. The number of aliphatic hydroxyl groups excluding tert-OH is 1. The summed E-state index contributed by atoms with van der Waals surface area (Å²) in [6.07, 6.45) is 0. The molecular formula is C13H14FNO3S2. The van der Waals surface area contributed by atoms with E-state index < -0.39 is 15.8 Å². The van der Waals surface area contributed by atoms with Crippen LogP contribution in [-0.2, 0) is 16.6 Å². The molecule has 0 saturated heterocycles. The predicted octanol–water partition coefficient (Wildman–Crippen LogP) is 2.80. The van der Waals surface area contributed by atoms with E-state index in [1.54, 1.807) is 19.9 Å². The summed E-state index contributed by atoms with van der Waals surface area (Å²) in [4.78, 5) is 1.16. The highest BCUT2D eigenvalue weighted by atomic mass is 32.2. The van der Waals surface area contributed by atoms with E-state index in [2.05, 4.69) is 4.72 Å². The number of aryl methyl sites for hydroxylation is 2. The molecule has 0 amide bonds. The lowest BCUT2D eigenvalue weighted by atomic mass is 10.2. The molecule has 0 radical (unpaired) electrons. The van der Waals surface area contributed by atoms with Gasteiger partial charge in [0, 0.05) is 9.75 Å². The molecule has 1 aromatic carbocycles. The van der Waals surface area contributed by atoms with Gasteiger partial charge in [-0.2, -0.15) is 0 Å². The molecule has 7 heteroatoms. The smallest absolute Gasteiger partial charge is 0.263 e. The van der Waals surface area contributed by atoms with E-state index >= 15 is 0 Å². The monoisotopic (exact) mass is 315 g/mol. The lowest BCUT2D eigenvalue weighted by Gasteiger charge is -2.11. The minimum atomic E-state index is -3.87. The van der Waals surface area contributed by atoms with E-state index in [0.717, 1.165) is 0 Å². The fourth-order valence-corrected chi connectivity index (χ4v) is 4.46. The van der Waals surface area contributed by atoms with Crippen LogP contribution < -0.4 is 4.72 Å².